The molecular weight excluding hydrogens is 498 g/mol. The van der Waals surface area contributed by atoms with Gasteiger partial charge in [-0.05, 0) is 61.1 Å². The molecule has 2 fully saturated rings. The Morgan fingerprint density at radius 2 is 1.71 bits per heavy atom. The molecule has 4 aromatic rings. The summed E-state index contributed by atoms with van der Waals surface area (Å²) in [6, 6.07) is 12.3. The third-order valence-electron chi connectivity index (χ3n) is 8.96. The van der Waals surface area contributed by atoms with Gasteiger partial charge in [0.2, 0.25) is 0 Å². The number of aryl methyl sites for hydroxylation is 2. The standard InChI is InChI=1S/C31H34ClN3O3/c32-26-10-9-24-29-25(26)18-22(19-33-13-15-38-16-14-33)34(29)11-4-12-35-27-17-21(31(36)37)7-8-23(27)28(30(24)35)20-5-2-1-3-6-20/h7-10,17-18,20H,1-6,11-16,19H2,(H,36,37). The minimum atomic E-state index is -0.872. The number of rotatable bonds is 4. The molecule has 0 radical (unpaired) electrons. The van der Waals surface area contributed by atoms with E-state index in [-0.39, 0.29) is 0 Å². The Kier molecular flexibility index (Phi) is 6.22. The lowest BCUT2D eigenvalue weighted by molar-refractivity contribution is 0.0332. The molecule has 1 aliphatic carbocycles. The topological polar surface area (TPSA) is 59.6 Å². The highest BCUT2D eigenvalue weighted by Gasteiger charge is 2.30. The number of carboxylic acid groups (broad SMARTS) is 1. The first kappa shape index (κ1) is 24.3. The predicted molar refractivity (Wildman–Crippen MR) is 151 cm³/mol. The van der Waals surface area contributed by atoms with E-state index < -0.39 is 5.97 Å². The van der Waals surface area contributed by atoms with E-state index in [4.69, 9.17) is 16.3 Å². The Balaban J connectivity index is 1.49. The van der Waals surface area contributed by atoms with Crippen LogP contribution in [0.5, 0.6) is 0 Å². The molecular formula is C31H34ClN3O3. The number of carboxylic acids is 1. The molecule has 3 aliphatic rings. The fourth-order valence-electron chi connectivity index (χ4n) is 7.19. The fourth-order valence-corrected chi connectivity index (χ4v) is 7.40. The van der Waals surface area contributed by atoms with Crippen LogP contribution in [-0.2, 0) is 24.4 Å². The van der Waals surface area contributed by atoms with Crippen molar-refractivity contribution >= 4 is 39.4 Å². The lowest BCUT2D eigenvalue weighted by atomic mass is 9.81. The summed E-state index contributed by atoms with van der Waals surface area (Å²) in [7, 11) is 0. The van der Waals surface area contributed by atoms with Crippen LogP contribution in [0.25, 0.3) is 33.1 Å². The average molecular weight is 532 g/mol. The normalized spacial score (nSPS) is 19.0. The smallest absolute Gasteiger partial charge is 0.335 e. The predicted octanol–water partition coefficient (Wildman–Crippen LogP) is 6.90. The van der Waals surface area contributed by atoms with Crippen LogP contribution in [0.1, 0.15) is 66.1 Å². The van der Waals surface area contributed by atoms with Crippen molar-refractivity contribution in [1.29, 1.82) is 0 Å². The maximum atomic E-state index is 11.9. The van der Waals surface area contributed by atoms with Crippen molar-refractivity contribution in [2.75, 3.05) is 26.3 Å². The average Bonchev–Trinajstić information content (AvgIpc) is 3.44. The van der Waals surface area contributed by atoms with Crippen LogP contribution in [-0.4, -0.2) is 51.4 Å². The number of ether oxygens (including phenoxy) is 1. The second-order valence-corrected chi connectivity index (χ2v) is 11.6. The van der Waals surface area contributed by atoms with E-state index in [9.17, 15) is 9.90 Å². The molecule has 0 bridgehead atoms. The molecule has 2 aromatic carbocycles. The van der Waals surface area contributed by atoms with Crippen LogP contribution < -0.4 is 0 Å². The zero-order valence-corrected chi connectivity index (χ0v) is 22.5. The molecule has 198 valence electrons. The van der Waals surface area contributed by atoms with Gasteiger partial charge in [-0.15, -0.1) is 0 Å². The number of carbonyl (C=O) groups is 1. The number of benzene rings is 2. The van der Waals surface area contributed by atoms with Crippen molar-refractivity contribution in [2.24, 2.45) is 0 Å². The van der Waals surface area contributed by atoms with Gasteiger partial charge in [0.25, 0.3) is 0 Å². The number of morpholine rings is 1. The number of hydrogen-bond acceptors (Lipinski definition) is 3. The first-order chi connectivity index (χ1) is 18.6. The first-order valence-electron chi connectivity index (χ1n) is 14.1. The highest BCUT2D eigenvalue weighted by atomic mass is 35.5. The van der Waals surface area contributed by atoms with Gasteiger partial charge in [0.1, 0.15) is 0 Å². The van der Waals surface area contributed by atoms with Crippen molar-refractivity contribution in [3.8, 4) is 11.3 Å². The molecule has 2 aliphatic heterocycles. The van der Waals surface area contributed by atoms with Crippen molar-refractivity contribution in [3.63, 3.8) is 0 Å². The van der Waals surface area contributed by atoms with Gasteiger partial charge in [0.15, 0.2) is 0 Å². The van der Waals surface area contributed by atoms with Crippen LogP contribution in [0.15, 0.2) is 36.4 Å². The van der Waals surface area contributed by atoms with E-state index in [1.807, 2.05) is 6.07 Å². The molecule has 1 saturated carbocycles. The summed E-state index contributed by atoms with van der Waals surface area (Å²) in [5, 5.41) is 12.9. The summed E-state index contributed by atoms with van der Waals surface area (Å²) in [4.78, 5) is 14.4. The Labute approximate surface area is 227 Å². The molecule has 0 amide bonds. The molecule has 0 atom stereocenters. The summed E-state index contributed by atoms with van der Waals surface area (Å²) < 4.78 is 10.5. The molecule has 0 unspecified atom stereocenters. The molecule has 7 heteroatoms. The zero-order valence-electron chi connectivity index (χ0n) is 21.7. The van der Waals surface area contributed by atoms with E-state index >= 15 is 0 Å². The third-order valence-corrected chi connectivity index (χ3v) is 9.29. The highest BCUT2D eigenvalue weighted by molar-refractivity contribution is 6.36. The van der Waals surface area contributed by atoms with Crippen LogP contribution in [0.4, 0.5) is 0 Å². The van der Waals surface area contributed by atoms with Crippen molar-refractivity contribution in [3.05, 3.63) is 58.2 Å². The van der Waals surface area contributed by atoms with Gasteiger partial charge in [-0.25, -0.2) is 4.79 Å². The van der Waals surface area contributed by atoms with Crippen molar-refractivity contribution in [1.82, 2.24) is 14.0 Å². The number of halogens is 1. The number of aromatic nitrogens is 2. The van der Waals surface area contributed by atoms with Crippen molar-refractivity contribution < 1.29 is 14.6 Å². The second kappa shape index (κ2) is 9.74. The monoisotopic (exact) mass is 531 g/mol. The lowest BCUT2D eigenvalue weighted by Crippen LogP contribution is -2.36. The van der Waals surface area contributed by atoms with E-state index in [0.29, 0.717) is 11.5 Å². The molecule has 1 saturated heterocycles. The second-order valence-electron chi connectivity index (χ2n) is 11.2. The third kappa shape index (κ3) is 3.96. The van der Waals surface area contributed by atoms with Gasteiger partial charge < -0.3 is 19.0 Å². The van der Waals surface area contributed by atoms with E-state index in [2.05, 4.69) is 38.3 Å². The maximum Gasteiger partial charge on any atom is 0.335 e. The Morgan fingerprint density at radius 1 is 0.921 bits per heavy atom. The Morgan fingerprint density at radius 3 is 2.50 bits per heavy atom. The fraction of sp³-hybridized carbons (Fsp3) is 0.452. The quantitative estimate of drug-likeness (QED) is 0.311. The SMILES string of the molecule is O=C(O)c1ccc2c(C3CCCCC3)c3n(c2c1)CCCn1c(CN2CCOCC2)cc2c(Cl)ccc-3c21. The number of nitrogens with zero attached hydrogens (tertiary/aromatic N) is 3. The van der Waals surface area contributed by atoms with E-state index in [1.165, 1.54) is 65.5 Å². The van der Waals surface area contributed by atoms with Crippen LogP contribution >= 0.6 is 11.6 Å². The summed E-state index contributed by atoms with van der Waals surface area (Å²) in [5.41, 5.74) is 7.85. The van der Waals surface area contributed by atoms with Gasteiger partial charge in [-0.2, -0.15) is 0 Å². The van der Waals surface area contributed by atoms with Crippen molar-refractivity contribution in [2.45, 2.75) is 64.1 Å². The van der Waals surface area contributed by atoms with Gasteiger partial charge in [-0.1, -0.05) is 36.9 Å². The van der Waals surface area contributed by atoms with Gasteiger partial charge >= 0.3 is 5.97 Å². The minimum absolute atomic E-state index is 0.354. The molecule has 2 aromatic heterocycles. The Bertz CT molecular complexity index is 1540. The van der Waals surface area contributed by atoms with Gasteiger partial charge in [-0.3, -0.25) is 4.90 Å². The molecule has 4 heterocycles. The highest BCUT2D eigenvalue weighted by Crippen LogP contribution is 2.47. The summed E-state index contributed by atoms with van der Waals surface area (Å²) in [6.45, 7) is 6.15. The first-order valence-corrected chi connectivity index (χ1v) is 14.5. The summed E-state index contributed by atoms with van der Waals surface area (Å²) in [6.07, 6.45) is 7.15. The summed E-state index contributed by atoms with van der Waals surface area (Å²) in [5.74, 6) is -0.386. The lowest BCUT2D eigenvalue weighted by Gasteiger charge is -2.28. The van der Waals surface area contributed by atoms with Crippen LogP contribution in [0.2, 0.25) is 5.02 Å². The van der Waals surface area contributed by atoms with Crippen LogP contribution in [0, 0.1) is 0 Å². The maximum absolute atomic E-state index is 11.9. The molecule has 1 N–H and O–H groups in total. The molecule has 38 heavy (non-hydrogen) atoms. The van der Waals surface area contributed by atoms with E-state index in [1.54, 1.807) is 6.07 Å². The largest absolute Gasteiger partial charge is 0.478 e. The van der Waals surface area contributed by atoms with E-state index in [0.717, 1.165) is 68.3 Å². The number of hydrogen-bond donors (Lipinski definition) is 1. The van der Waals surface area contributed by atoms with Gasteiger partial charge in [0, 0.05) is 65.3 Å². The summed E-state index contributed by atoms with van der Waals surface area (Å²) >= 11 is 6.86. The number of aromatic carboxylic acids is 1. The number of fused-ring (bicyclic) bond motifs is 4. The minimum Gasteiger partial charge on any atom is -0.478 e. The van der Waals surface area contributed by atoms with Gasteiger partial charge in [0.05, 0.1) is 30.0 Å². The molecule has 6 nitrogen and oxygen atoms in total. The zero-order chi connectivity index (χ0) is 25.8. The molecule has 7 rings (SSSR count). The van der Waals surface area contributed by atoms with Crippen LogP contribution in [0.3, 0.4) is 0 Å². The Hall–Kier alpha value is -2.80. The molecule has 0 spiro atoms.